The molecule has 11 heavy (non-hydrogen) atoms. The van der Waals surface area contributed by atoms with Crippen molar-refractivity contribution >= 4 is 0 Å². The van der Waals surface area contributed by atoms with E-state index in [0.717, 1.165) is 23.7 Å². The molecule has 2 fully saturated rings. The third kappa shape index (κ3) is 0.817. The molecule has 3 rings (SSSR count). The predicted octanol–water partition coefficient (Wildman–Crippen LogP) is 2.77. The Labute approximate surface area is 68.0 Å². The lowest BCUT2D eigenvalue weighted by Crippen LogP contribution is -2.19. The van der Waals surface area contributed by atoms with Crippen LogP contribution in [0.15, 0.2) is 24.3 Å². The van der Waals surface area contributed by atoms with Crippen LogP contribution in [-0.4, -0.2) is 0 Å². The maximum absolute atomic E-state index is 2.44. The minimum Gasteiger partial charge on any atom is -0.0808 e. The first-order valence-electron chi connectivity index (χ1n) is 4.80. The number of allylic oxidation sites excluding steroid dienone is 4. The van der Waals surface area contributed by atoms with E-state index in [2.05, 4.69) is 24.3 Å². The summed E-state index contributed by atoms with van der Waals surface area (Å²) in [4.78, 5) is 0. The van der Waals surface area contributed by atoms with Crippen LogP contribution in [0.25, 0.3) is 0 Å². The van der Waals surface area contributed by atoms with Gasteiger partial charge in [0, 0.05) is 0 Å². The molecule has 4 atom stereocenters. The molecule has 0 aliphatic heterocycles. The van der Waals surface area contributed by atoms with Crippen molar-refractivity contribution in [2.45, 2.75) is 19.3 Å². The fraction of sp³-hybridized carbons (Fsp3) is 0.636. The molecule has 0 heterocycles. The van der Waals surface area contributed by atoms with Gasteiger partial charge in [0.1, 0.15) is 0 Å². The SMILES string of the molecule is C1=CC2CCC3CC3C2C=C1. The van der Waals surface area contributed by atoms with Gasteiger partial charge in [-0.3, -0.25) is 0 Å². The normalized spacial score (nSPS) is 51.6. The molecule has 58 valence electrons. The molecule has 0 aromatic carbocycles. The quantitative estimate of drug-likeness (QED) is 0.493. The highest BCUT2D eigenvalue weighted by Gasteiger charge is 2.47. The van der Waals surface area contributed by atoms with Crippen molar-refractivity contribution in [3.8, 4) is 0 Å². The molecule has 0 nitrogen and oxygen atoms in total. The molecule has 0 spiro atoms. The van der Waals surface area contributed by atoms with Gasteiger partial charge in [0.15, 0.2) is 0 Å². The molecule has 0 aromatic heterocycles. The van der Waals surface area contributed by atoms with Crippen LogP contribution in [0.2, 0.25) is 0 Å². The minimum atomic E-state index is 0.906. The van der Waals surface area contributed by atoms with Crippen molar-refractivity contribution in [3.63, 3.8) is 0 Å². The Morgan fingerprint density at radius 1 is 1.00 bits per heavy atom. The summed E-state index contributed by atoms with van der Waals surface area (Å²) in [5, 5.41) is 0. The maximum Gasteiger partial charge on any atom is -0.0136 e. The molecule has 0 heteroatoms. The Morgan fingerprint density at radius 2 is 1.91 bits per heavy atom. The zero-order chi connectivity index (χ0) is 7.26. The molecule has 0 saturated heterocycles. The zero-order valence-electron chi connectivity index (χ0n) is 6.74. The van der Waals surface area contributed by atoms with E-state index in [9.17, 15) is 0 Å². The first kappa shape index (κ1) is 6.05. The molecule has 0 aromatic rings. The van der Waals surface area contributed by atoms with E-state index in [1.54, 1.807) is 0 Å². The van der Waals surface area contributed by atoms with Crippen LogP contribution in [0.5, 0.6) is 0 Å². The standard InChI is InChI=1S/C11H14/c1-2-4-10-8(3-1)5-6-9-7-11(9)10/h1-4,8-11H,5-7H2. The highest BCUT2D eigenvalue weighted by molar-refractivity contribution is 5.19. The van der Waals surface area contributed by atoms with E-state index < -0.39 is 0 Å². The smallest absolute Gasteiger partial charge is 0.0136 e. The van der Waals surface area contributed by atoms with E-state index in [0.29, 0.717) is 0 Å². The zero-order valence-corrected chi connectivity index (χ0v) is 6.74. The number of hydrogen-bond donors (Lipinski definition) is 0. The van der Waals surface area contributed by atoms with Crippen molar-refractivity contribution < 1.29 is 0 Å². The monoisotopic (exact) mass is 146 g/mol. The molecule has 3 aliphatic rings. The predicted molar refractivity (Wildman–Crippen MR) is 46.1 cm³/mol. The number of hydrogen-bond acceptors (Lipinski definition) is 0. The van der Waals surface area contributed by atoms with E-state index in [1.165, 1.54) is 19.3 Å². The summed E-state index contributed by atoms with van der Waals surface area (Å²) < 4.78 is 0. The van der Waals surface area contributed by atoms with Gasteiger partial charge in [-0.05, 0) is 42.9 Å². The van der Waals surface area contributed by atoms with E-state index >= 15 is 0 Å². The van der Waals surface area contributed by atoms with Crippen LogP contribution < -0.4 is 0 Å². The molecule has 0 amide bonds. The summed E-state index contributed by atoms with van der Waals surface area (Å²) in [5.41, 5.74) is 0. The summed E-state index contributed by atoms with van der Waals surface area (Å²) in [7, 11) is 0. The van der Waals surface area contributed by atoms with Crippen LogP contribution >= 0.6 is 0 Å². The van der Waals surface area contributed by atoms with Crippen LogP contribution in [0, 0.1) is 23.7 Å². The average Bonchev–Trinajstić information content (AvgIpc) is 2.83. The van der Waals surface area contributed by atoms with Gasteiger partial charge >= 0.3 is 0 Å². The topological polar surface area (TPSA) is 0 Å². The molecule has 4 unspecified atom stereocenters. The Kier molecular flexibility index (Phi) is 1.10. The van der Waals surface area contributed by atoms with Crippen molar-refractivity contribution in [2.24, 2.45) is 23.7 Å². The molecule has 0 radical (unpaired) electrons. The highest BCUT2D eigenvalue weighted by atomic mass is 14.5. The number of rotatable bonds is 0. The summed E-state index contributed by atoms with van der Waals surface area (Å²) in [6.45, 7) is 0. The van der Waals surface area contributed by atoms with Crippen LogP contribution in [0.3, 0.4) is 0 Å². The Hall–Kier alpha value is -0.520. The third-order valence-electron chi connectivity index (χ3n) is 3.64. The lowest BCUT2D eigenvalue weighted by molar-refractivity contribution is 0.315. The minimum absolute atomic E-state index is 0.906. The van der Waals surface area contributed by atoms with Crippen molar-refractivity contribution in [1.82, 2.24) is 0 Å². The van der Waals surface area contributed by atoms with Gasteiger partial charge in [-0.15, -0.1) is 0 Å². The molecule has 0 bridgehead atoms. The molecular weight excluding hydrogens is 132 g/mol. The average molecular weight is 146 g/mol. The largest absolute Gasteiger partial charge is 0.0808 e. The van der Waals surface area contributed by atoms with Gasteiger partial charge in [0.2, 0.25) is 0 Å². The molecule has 2 saturated carbocycles. The third-order valence-corrected chi connectivity index (χ3v) is 3.64. The highest BCUT2D eigenvalue weighted by Crippen LogP contribution is 2.56. The van der Waals surface area contributed by atoms with Crippen molar-refractivity contribution in [2.75, 3.05) is 0 Å². The summed E-state index contributed by atoms with van der Waals surface area (Å²) in [6.07, 6.45) is 13.8. The van der Waals surface area contributed by atoms with E-state index in [4.69, 9.17) is 0 Å². The number of fused-ring (bicyclic) bond motifs is 3. The van der Waals surface area contributed by atoms with E-state index in [-0.39, 0.29) is 0 Å². The van der Waals surface area contributed by atoms with Gasteiger partial charge in [-0.25, -0.2) is 0 Å². The Bertz CT molecular complexity index is 224. The fourth-order valence-electron chi connectivity index (χ4n) is 2.90. The second-order valence-corrected chi connectivity index (χ2v) is 4.25. The lowest BCUT2D eigenvalue weighted by Gasteiger charge is -2.28. The summed E-state index contributed by atoms with van der Waals surface area (Å²) in [5.74, 6) is 4.03. The van der Waals surface area contributed by atoms with Crippen molar-refractivity contribution in [3.05, 3.63) is 24.3 Å². The Balaban J connectivity index is 1.89. The van der Waals surface area contributed by atoms with Crippen LogP contribution in [-0.2, 0) is 0 Å². The Morgan fingerprint density at radius 3 is 2.91 bits per heavy atom. The van der Waals surface area contributed by atoms with Gasteiger partial charge in [-0.2, -0.15) is 0 Å². The first-order chi connectivity index (χ1) is 5.45. The molecular formula is C11H14. The summed E-state index contributed by atoms with van der Waals surface area (Å²) >= 11 is 0. The summed E-state index contributed by atoms with van der Waals surface area (Å²) in [6, 6.07) is 0. The van der Waals surface area contributed by atoms with Gasteiger partial charge in [0.05, 0.1) is 0 Å². The van der Waals surface area contributed by atoms with Crippen LogP contribution in [0.1, 0.15) is 19.3 Å². The first-order valence-corrected chi connectivity index (χ1v) is 4.80. The molecule has 0 N–H and O–H groups in total. The second kappa shape index (κ2) is 2.00. The van der Waals surface area contributed by atoms with Crippen molar-refractivity contribution in [1.29, 1.82) is 0 Å². The lowest BCUT2D eigenvalue weighted by atomic mass is 9.77. The molecule has 3 aliphatic carbocycles. The van der Waals surface area contributed by atoms with Gasteiger partial charge in [0.25, 0.3) is 0 Å². The van der Waals surface area contributed by atoms with Gasteiger partial charge < -0.3 is 0 Å². The van der Waals surface area contributed by atoms with E-state index in [1.807, 2.05) is 0 Å². The maximum atomic E-state index is 2.44. The fourth-order valence-corrected chi connectivity index (χ4v) is 2.90. The van der Waals surface area contributed by atoms with Gasteiger partial charge in [-0.1, -0.05) is 24.3 Å². The second-order valence-electron chi connectivity index (χ2n) is 4.25. The van der Waals surface area contributed by atoms with Crippen LogP contribution in [0.4, 0.5) is 0 Å².